The fraction of sp³-hybridized carbons (Fsp3) is 0.767. The van der Waals surface area contributed by atoms with E-state index in [0.717, 1.165) is 58.2 Å². The zero-order valence-electron chi connectivity index (χ0n) is 24.2. The quantitative estimate of drug-likeness (QED) is 0.147. The van der Waals surface area contributed by atoms with Gasteiger partial charge in [-0.2, -0.15) is 0 Å². The SMILES string of the molecule is C=C(NCCNC(C)C)O[C@@H]1/C=C/CCCCC1.CC(C)NCCNC(=O)CO[C@H]1CC/C=C/CCC1. The van der Waals surface area contributed by atoms with E-state index in [-0.39, 0.29) is 24.7 Å². The number of carbonyl (C=O) groups is 1. The van der Waals surface area contributed by atoms with Gasteiger partial charge in [0.25, 0.3) is 0 Å². The molecule has 0 saturated heterocycles. The molecule has 2 atom stereocenters. The molecule has 0 aliphatic heterocycles. The maximum absolute atomic E-state index is 11.6. The van der Waals surface area contributed by atoms with Crippen LogP contribution in [0.5, 0.6) is 0 Å². The zero-order valence-corrected chi connectivity index (χ0v) is 24.2. The Kier molecular flexibility index (Phi) is 19.9. The second kappa shape index (κ2) is 22.2. The van der Waals surface area contributed by atoms with E-state index in [2.05, 4.69) is 79.8 Å². The molecule has 7 nitrogen and oxygen atoms in total. The molecule has 0 spiro atoms. The van der Waals surface area contributed by atoms with Crippen LogP contribution < -0.4 is 21.3 Å². The van der Waals surface area contributed by atoms with Gasteiger partial charge in [-0.15, -0.1) is 0 Å². The van der Waals surface area contributed by atoms with Crippen molar-refractivity contribution in [1.82, 2.24) is 21.3 Å². The first-order valence-corrected chi connectivity index (χ1v) is 14.6. The van der Waals surface area contributed by atoms with Crippen LogP contribution in [-0.4, -0.2) is 63.0 Å². The van der Waals surface area contributed by atoms with Crippen LogP contribution in [0.4, 0.5) is 0 Å². The molecule has 4 N–H and O–H groups in total. The standard InChI is InChI=1S/C15H28N2O2.C15H28N2O/c1-13(2)16-10-11-17-15(18)12-19-14-8-6-4-3-5-7-9-14;1-13(2)16-11-12-17-14(3)18-15-9-7-5-4-6-8-10-15/h3-4,13-14,16H,5-12H2,1-2H3,(H,17,18);7,9,13,15-17H,3-6,8,10-12H2,1-2H3/b4-3+;9-7+/t14-;15-/m01/s1. The largest absolute Gasteiger partial charge is 0.472 e. The molecule has 37 heavy (non-hydrogen) atoms. The Bertz CT molecular complexity index is 649. The van der Waals surface area contributed by atoms with Gasteiger partial charge in [0, 0.05) is 38.3 Å². The molecule has 0 aromatic heterocycles. The number of amides is 1. The van der Waals surface area contributed by atoms with E-state index in [9.17, 15) is 4.79 Å². The average Bonchev–Trinajstić information content (AvgIpc) is 2.81. The van der Waals surface area contributed by atoms with E-state index < -0.39 is 0 Å². The molecule has 2 aliphatic rings. The minimum atomic E-state index is -0.0110. The summed E-state index contributed by atoms with van der Waals surface area (Å²) in [5, 5.41) is 12.7. The maximum atomic E-state index is 11.6. The lowest BCUT2D eigenvalue weighted by molar-refractivity contribution is -0.128. The van der Waals surface area contributed by atoms with Crippen LogP contribution in [0.2, 0.25) is 0 Å². The highest BCUT2D eigenvalue weighted by molar-refractivity contribution is 5.77. The molecule has 0 radical (unpaired) electrons. The summed E-state index contributed by atoms with van der Waals surface area (Å²) in [4.78, 5) is 11.6. The van der Waals surface area contributed by atoms with Gasteiger partial charge in [0.1, 0.15) is 12.7 Å². The topological polar surface area (TPSA) is 83.7 Å². The first kappa shape index (κ1) is 33.2. The number of allylic oxidation sites excluding steroid dienone is 3. The van der Waals surface area contributed by atoms with Crippen LogP contribution >= 0.6 is 0 Å². The predicted molar refractivity (Wildman–Crippen MR) is 155 cm³/mol. The predicted octanol–water partition coefficient (Wildman–Crippen LogP) is 4.96. The molecule has 0 unspecified atom stereocenters. The van der Waals surface area contributed by atoms with Crippen molar-refractivity contribution >= 4 is 5.91 Å². The van der Waals surface area contributed by atoms with Gasteiger partial charge in [0.05, 0.1) is 6.10 Å². The first-order valence-electron chi connectivity index (χ1n) is 14.6. The normalized spacial score (nSPS) is 21.9. The number of hydrogen-bond donors (Lipinski definition) is 4. The van der Waals surface area contributed by atoms with Gasteiger partial charge in [-0.25, -0.2) is 0 Å². The Balaban J connectivity index is 0.000000371. The van der Waals surface area contributed by atoms with Gasteiger partial charge in [-0.3, -0.25) is 4.79 Å². The number of hydrogen-bond acceptors (Lipinski definition) is 6. The summed E-state index contributed by atoms with van der Waals surface area (Å²) >= 11 is 0. The van der Waals surface area contributed by atoms with E-state index in [4.69, 9.17) is 9.47 Å². The van der Waals surface area contributed by atoms with E-state index in [1.165, 1.54) is 25.7 Å². The highest BCUT2D eigenvalue weighted by Gasteiger charge is 2.12. The molecule has 1 amide bonds. The fourth-order valence-corrected chi connectivity index (χ4v) is 4.11. The smallest absolute Gasteiger partial charge is 0.246 e. The van der Waals surface area contributed by atoms with Crippen molar-refractivity contribution in [2.45, 2.75) is 116 Å². The van der Waals surface area contributed by atoms with Crippen LogP contribution in [0, 0.1) is 0 Å². The van der Waals surface area contributed by atoms with Crippen LogP contribution in [0.3, 0.4) is 0 Å². The lowest BCUT2D eigenvalue weighted by atomic mass is 10.0. The van der Waals surface area contributed by atoms with Crippen molar-refractivity contribution < 1.29 is 14.3 Å². The molecule has 0 fully saturated rings. The molecule has 7 heteroatoms. The van der Waals surface area contributed by atoms with Crippen LogP contribution in [0.25, 0.3) is 0 Å². The maximum Gasteiger partial charge on any atom is 0.246 e. The van der Waals surface area contributed by atoms with E-state index in [1.807, 2.05) is 0 Å². The summed E-state index contributed by atoms with van der Waals surface area (Å²) < 4.78 is 11.5. The van der Waals surface area contributed by atoms with Crippen molar-refractivity contribution in [3.8, 4) is 0 Å². The zero-order chi connectivity index (χ0) is 27.1. The Labute approximate surface area is 227 Å². The molecule has 214 valence electrons. The number of rotatable bonds is 14. The number of ether oxygens (including phenoxy) is 2. The van der Waals surface area contributed by atoms with E-state index in [0.29, 0.717) is 24.5 Å². The summed E-state index contributed by atoms with van der Waals surface area (Å²) in [6, 6.07) is 0.977. The first-order chi connectivity index (χ1) is 17.9. The second-order valence-electron chi connectivity index (χ2n) is 10.6. The van der Waals surface area contributed by atoms with Crippen molar-refractivity contribution in [2.24, 2.45) is 0 Å². The highest BCUT2D eigenvalue weighted by atomic mass is 16.5. The van der Waals surface area contributed by atoms with Crippen molar-refractivity contribution in [3.05, 3.63) is 36.8 Å². The monoisotopic (exact) mass is 520 g/mol. The van der Waals surface area contributed by atoms with Crippen LogP contribution in [0.1, 0.15) is 91.9 Å². The number of carbonyl (C=O) groups excluding carboxylic acids is 1. The molecular weight excluding hydrogens is 464 g/mol. The summed E-state index contributed by atoms with van der Waals surface area (Å²) in [5.41, 5.74) is 0. The summed E-state index contributed by atoms with van der Waals surface area (Å²) in [6.45, 7) is 15.8. The molecule has 2 aliphatic carbocycles. The number of nitrogens with one attached hydrogen (secondary N) is 4. The van der Waals surface area contributed by atoms with Crippen LogP contribution in [-0.2, 0) is 14.3 Å². The van der Waals surface area contributed by atoms with Gasteiger partial charge in [-0.1, -0.05) is 52.3 Å². The Hall–Kier alpha value is -1.83. The molecule has 0 aromatic rings. The minimum absolute atomic E-state index is 0.0110. The Morgan fingerprint density at radius 1 is 0.811 bits per heavy atom. The summed E-state index contributed by atoms with van der Waals surface area (Å²) in [7, 11) is 0. The van der Waals surface area contributed by atoms with Gasteiger partial charge in [0.15, 0.2) is 5.88 Å². The van der Waals surface area contributed by atoms with E-state index in [1.54, 1.807) is 0 Å². The van der Waals surface area contributed by atoms with Crippen molar-refractivity contribution in [1.29, 1.82) is 0 Å². The molecule has 0 bridgehead atoms. The van der Waals surface area contributed by atoms with Crippen molar-refractivity contribution in [2.75, 3.05) is 32.8 Å². The third-order valence-electron chi connectivity index (χ3n) is 6.17. The third kappa shape index (κ3) is 20.9. The Morgan fingerprint density at radius 3 is 2.22 bits per heavy atom. The second-order valence-corrected chi connectivity index (χ2v) is 10.6. The third-order valence-corrected chi connectivity index (χ3v) is 6.17. The van der Waals surface area contributed by atoms with Crippen molar-refractivity contribution in [3.63, 3.8) is 0 Å². The molecule has 2 rings (SSSR count). The van der Waals surface area contributed by atoms with Gasteiger partial charge >= 0.3 is 0 Å². The molecule has 0 aromatic carbocycles. The van der Waals surface area contributed by atoms with Crippen LogP contribution in [0.15, 0.2) is 36.8 Å². The Morgan fingerprint density at radius 2 is 1.49 bits per heavy atom. The summed E-state index contributed by atoms with van der Waals surface area (Å²) in [5.74, 6) is 0.680. The minimum Gasteiger partial charge on any atom is -0.472 e. The molecular formula is C30H56N4O3. The molecule has 0 heterocycles. The lowest BCUT2D eigenvalue weighted by Crippen LogP contribution is -2.36. The van der Waals surface area contributed by atoms with Gasteiger partial charge < -0.3 is 30.7 Å². The van der Waals surface area contributed by atoms with Gasteiger partial charge in [-0.05, 0) is 70.4 Å². The lowest BCUT2D eigenvalue weighted by Gasteiger charge is -2.20. The van der Waals surface area contributed by atoms with Gasteiger partial charge in [0.2, 0.25) is 5.91 Å². The summed E-state index contributed by atoms with van der Waals surface area (Å²) in [6.07, 6.45) is 20.9. The highest BCUT2D eigenvalue weighted by Crippen LogP contribution is 2.16. The average molecular weight is 521 g/mol. The molecule has 0 saturated carbocycles. The fourth-order valence-electron chi connectivity index (χ4n) is 4.11. The van der Waals surface area contributed by atoms with E-state index >= 15 is 0 Å².